The van der Waals surface area contributed by atoms with Crippen molar-refractivity contribution in [3.05, 3.63) is 53.4 Å². The van der Waals surface area contributed by atoms with Gasteiger partial charge in [-0.2, -0.15) is 0 Å². The van der Waals surface area contributed by atoms with Gasteiger partial charge in [0.2, 0.25) is 7.28 Å². The summed E-state index contributed by atoms with van der Waals surface area (Å²) in [6, 6.07) is 6.49. The van der Waals surface area contributed by atoms with Crippen LogP contribution in [0, 0.1) is 29.1 Å². The van der Waals surface area contributed by atoms with Crippen LogP contribution < -0.4 is 15.9 Å². The second kappa shape index (κ2) is 6.58. The average molecular weight is 327 g/mol. The van der Waals surface area contributed by atoms with Gasteiger partial charge in [-0.1, -0.05) is 23.7 Å². The van der Waals surface area contributed by atoms with Gasteiger partial charge in [0.15, 0.2) is 29.1 Å². The fourth-order valence-corrected chi connectivity index (χ4v) is 2.02. The Balaban J connectivity index is 2.53. The van der Waals surface area contributed by atoms with Crippen LogP contribution >= 0.6 is 0 Å². The third kappa shape index (κ3) is 3.17. The van der Waals surface area contributed by atoms with E-state index in [1.54, 1.807) is 49.4 Å². The fourth-order valence-electron chi connectivity index (χ4n) is 2.02. The first-order valence-corrected chi connectivity index (χ1v) is 6.61. The number of anilines is 1. The number of halogens is 5. The zero-order valence-corrected chi connectivity index (χ0v) is 12.7. The van der Waals surface area contributed by atoms with E-state index in [-0.39, 0.29) is 0 Å². The molecule has 0 amide bonds. The molecule has 2 nitrogen and oxygen atoms in total. The third-order valence-corrected chi connectivity index (χ3v) is 3.43. The van der Waals surface area contributed by atoms with Crippen molar-refractivity contribution in [1.82, 2.24) is 5.01 Å². The number of nitrogens with zero attached hydrogens (tertiary/aromatic N) is 2. The fraction of sp³-hybridized carbons (Fsp3) is 0.200. The molecule has 0 spiro atoms. The van der Waals surface area contributed by atoms with Crippen molar-refractivity contribution in [2.24, 2.45) is 0 Å². The Morgan fingerprint density at radius 1 is 0.739 bits per heavy atom. The van der Waals surface area contributed by atoms with Crippen LogP contribution in [0.1, 0.15) is 0 Å². The summed E-state index contributed by atoms with van der Waals surface area (Å²) in [7, 11) is 6.13. The Kier molecular flexibility index (Phi) is 4.94. The van der Waals surface area contributed by atoms with E-state index < -0.39 is 34.5 Å². The molecule has 121 valence electrons. The molecule has 0 aromatic heterocycles. The van der Waals surface area contributed by atoms with Crippen LogP contribution in [-0.2, 0) is 0 Å². The highest BCUT2D eigenvalue weighted by Crippen LogP contribution is 2.16. The first kappa shape index (κ1) is 17.3. The summed E-state index contributed by atoms with van der Waals surface area (Å²) in [5, 5.41) is 3.36. The van der Waals surface area contributed by atoms with Gasteiger partial charge in [-0.3, -0.25) is 0 Å². The van der Waals surface area contributed by atoms with Crippen molar-refractivity contribution in [3.8, 4) is 0 Å². The summed E-state index contributed by atoms with van der Waals surface area (Å²) in [6.07, 6.45) is 0. The normalized spacial score (nSPS) is 11.0. The topological polar surface area (TPSA) is 6.48 Å². The Labute approximate surface area is 131 Å². The first-order chi connectivity index (χ1) is 10.8. The van der Waals surface area contributed by atoms with Gasteiger partial charge in [-0.05, 0) is 11.5 Å². The van der Waals surface area contributed by atoms with E-state index >= 15 is 0 Å². The number of rotatable bonds is 4. The maximum Gasteiger partial charge on any atom is 0.202 e. The molecule has 0 atom stereocenters. The molecule has 1 radical (unpaired) electrons. The summed E-state index contributed by atoms with van der Waals surface area (Å²) < 4.78 is 67.3. The highest BCUT2D eigenvalue weighted by Gasteiger charge is 2.26. The molecule has 0 saturated heterocycles. The van der Waals surface area contributed by atoms with Gasteiger partial charge in [-0.15, -0.1) is 0 Å². The quantitative estimate of drug-likeness (QED) is 0.278. The SMILES string of the molecule is CN(C)N(C)c1ccccc1[B]c1c(F)c(F)c(F)c(F)c1F. The predicted octanol–water partition coefficient (Wildman–Crippen LogP) is 1.95. The Bertz CT molecular complexity index is 707. The lowest BCUT2D eigenvalue weighted by Gasteiger charge is -2.28. The molecule has 8 heteroatoms. The summed E-state index contributed by atoms with van der Waals surface area (Å²) in [4.78, 5) is 0. The van der Waals surface area contributed by atoms with Gasteiger partial charge in [0, 0.05) is 26.8 Å². The highest BCUT2D eigenvalue weighted by molar-refractivity contribution is 6.69. The van der Waals surface area contributed by atoms with E-state index in [0.29, 0.717) is 11.2 Å². The molecule has 0 aliphatic rings. The van der Waals surface area contributed by atoms with E-state index in [0.717, 1.165) is 7.28 Å². The number of hydrazine groups is 1. The largest absolute Gasteiger partial charge is 0.310 e. The molecule has 0 bridgehead atoms. The maximum absolute atomic E-state index is 13.8. The Hall–Kier alpha value is -2.09. The van der Waals surface area contributed by atoms with E-state index in [9.17, 15) is 22.0 Å². The molecule has 2 aromatic carbocycles. The van der Waals surface area contributed by atoms with E-state index in [1.165, 1.54) is 6.07 Å². The number of hydrogen-bond acceptors (Lipinski definition) is 2. The lowest BCUT2D eigenvalue weighted by molar-refractivity contribution is 0.384. The second-order valence-electron chi connectivity index (χ2n) is 5.06. The summed E-state index contributed by atoms with van der Waals surface area (Å²) >= 11 is 0. The average Bonchev–Trinajstić information content (AvgIpc) is 2.54. The molecule has 0 aliphatic carbocycles. The molecular formula is C15H13BF5N2. The monoisotopic (exact) mass is 327 g/mol. The lowest BCUT2D eigenvalue weighted by atomic mass is 9.62. The highest BCUT2D eigenvalue weighted by atomic mass is 19.2. The molecule has 2 rings (SSSR count). The van der Waals surface area contributed by atoms with Crippen molar-refractivity contribution >= 4 is 23.9 Å². The van der Waals surface area contributed by atoms with Gasteiger partial charge in [0.25, 0.3) is 0 Å². The second-order valence-corrected chi connectivity index (χ2v) is 5.06. The third-order valence-electron chi connectivity index (χ3n) is 3.43. The molecular weight excluding hydrogens is 314 g/mol. The minimum atomic E-state index is -2.17. The van der Waals surface area contributed by atoms with Crippen molar-refractivity contribution in [2.45, 2.75) is 0 Å². The number of hydrogen-bond donors (Lipinski definition) is 0. The number of para-hydroxylation sites is 1. The standard InChI is InChI=1S/C15H13BF5N2/c1-22(2)23(3)9-7-5-4-6-8(9)16-10-11(17)13(19)15(21)14(20)12(10)18/h4-7H,1-3H3. The van der Waals surface area contributed by atoms with Crippen LogP contribution in [-0.4, -0.2) is 33.4 Å². The first-order valence-electron chi connectivity index (χ1n) is 6.61. The van der Waals surface area contributed by atoms with Gasteiger partial charge in [0.05, 0.1) is 0 Å². The molecule has 2 aromatic rings. The van der Waals surface area contributed by atoms with Crippen LogP contribution in [0.4, 0.5) is 27.6 Å². The Morgan fingerprint density at radius 3 is 1.74 bits per heavy atom. The van der Waals surface area contributed by atoms with Crippen LogP contribution in [0.5, 0.6) is 0 Å². The van der Waals surface area contributed by atoms with Crippen LogP contribution in [0.3, 0.4) is 0 Å². The van der Waals surface area contributed by atoms with E-state index in [4.69, 9.17) is 0 Å². The molecule has 0 aliphatic heterocycles. The molecule has 0 fully saturated rings. The zero-order valence-electron chi connectivity index (χ0n) is 12.7. The minimum absolute atomic E-state index is 0.312. The van der Waals surface area contributed by atoms with Crippen molar-refractivity contribution in [3.63, 3.8) is 0 Å². The maximum atomic E-state index is 13.8. The lowest BCUT2D eigenvalue weighted by Crippen LogP contribution is -2.41. The van der Waals surface area contributed by atoms with Crippen molar-refractivity contribution in [1.29, 1.82) is 0 Å². The smallest absolute Gasteiger partial charge is 0.202 e. The van der Waals surface area contributed by atoms with Crippen LogP contribution in [0.25, 0.3) is 0 Å². The van der Waals surface area contributed by atoms with Gasteiger partial charge < -0.3 is 5.01 Å². The predicted molar refractivity (Wildman–Crippen MR) is 79.8 cm³/mol. The van der Waals surface area contributed by atoms with E-state index in [2.05, 4.69) is 0 Å². The summed E-state index contributed by atoms with van der Waals surface area (Å²) in [6.45, 7) is 0. The van der Waals surface area contributed by atoms with Gasteiger partial charge >= 0.3 is 0 Å². The molecule has 0 heterocycles. The van der Waals surface area contributed by atoms with E-state index in [1.807, 2.05) is 0 Å². The van der Waals surface area contributed by atoms with Crippen LogP contribution in [0.15, 0.2) is 24.3 Å². The molecule has 23 heavy (non-hydrogen) atoms. The molecule has 0 saturated carbocycles. The van der Waals surface area contributed by atoms with Crippen LogP contribution in [0.2, 0.25) is 0 Å². The van der Waals surface area contributed by atoms with Gasteiger partial charge in [0.1, 0.15) is 0 Å². The number of benzene rings is 2. The summed E-state index contributed by atoms with van der Waals surface area (Å²) in [5.74, 6) is -9.81. The van der Waals surface area contributed by atoms with Crippen molar-refractivity contribution in [2.75, 3.05) is 26.2 Å². The van der Waals surface area contributed by atoms with Crippen molar-refractivity contribution < 1.29 is 22.0 Å². The Morgan fingerprint density at radius 2 is 1.22 bits per heavy atom. The summed E-state index contributed by atoms with van der Waals surface area (Å²) in [5.41, 5.74) is -0.116. The molecule has 0 N–H and O–H groups in total. The minimum Gasteiger partial charge on any atom is -0.310 e. The van der Waals surface area contributed by atoms with Gasteiger partial charge in [-0.25, -0.2) is 27.0 Å². The zero-order chi connectivity index (χ0) is 17.3. The molecule has 0 unspecified atom stereocenters.